The third-order valence-electron chi connectivity index (χ3n) is 5.42. The van der Waals surface area contributed by atoms with Gasteiger partial charge in [-0.05, 0) is 54.8 Å². The molecule has 0 aliphatic carbocycles. The quantitative estimate of drug-likeness (QED) is 0.641. The Hall–Kier alpha value is -3.68. The molecule has 0 atom stereocenters. The average Bonchev–Trinajstić information content (AvgIpc) is 3.34. The summed E-state index contributed by atoms with van der Waals surface area (Å²) in [6.07, 6.45) is 7.20. The molecule has 0 fully saturated rings. The first-order chi connectivity index (χ1) is 15.2. The lowest BCUT2D eigenvalue weighted by atomic mass is 10.1. The lowest BCUT2D eigenvalue weighted by molar-refractivity contribution is -0.111. The zero-order chi connectivity index (χ0) is 21.2. The van der Waals surface area contributed by atoms with E-state index < -0.39 is 11.7 Å². The molecule has 0 bridgehead atoms. The molecule has 2 aliphatic rings. The molecule has 2 aromatic carbocycles. The lowest BCUT2D eigenvalue weighted by Gasteiger charge is -2.09. The average molecular weight is 420 g/mol. The monoisotopic (exact) mass is 420 g/mol. The van der Waals surface area contributed by atoms with Crippen LogP contribution in [-0.4, -0.2) is 27.5 Å². The summed E-state index contributed by atoms with van der Waals surface area (Å²) in [4.78, 5) is 12.4. The number of nitrogens with zero attached hydrogens (tertiary/aromatic N) is 3. The minimum absolute atomic E-state index is 0.101. The van der Waals surface area contributed by atoms with Gasteiger partial charge in [-0.25, -0.2) is 4.39 Å². The molecular formula is C23H21FN4O3. The number of aryl methyl sites for hydroxylation is 1. The maximum absolute atomic E-state index is 14.4. The molecule has 158 valence electrons. The van der Waals surface area contributed by atoms with Crippen LogP contribution in [0.5, 0.6) is 11.5 Å². The first-order valence-corrected chi connectivity index (χ1v) is 10.3. The number of hydrogen-bond donors (Lipinski definition) is 1. The molecule has 8 heteroatoms. The van der Waals surface area contributed by atoms with E-state index in [2.05, 4.69) is 20.1 Å². The van der Waals surface area contributed by atoms with Crippen molar-refractivity contribution in [3.05, 3.63) is 59.7 Å². The van der Waals surface area contributed by atoms with Crippen molar-refractivity contribution in [3.8, 4) is 22.9 Å². The van der Waals surface area contributed by atoms with E-state index in [1.165, 1.54) is 12.1 Å². The van der Waals surface area contributed by atoms with E-state index in [0.29, 0.717) is 17.3 Å². The minimum Gasteiger partial charge on any atom is -0.454 e. The fourth-order valence-corrected chi connectivity index (χ4v) is 3.82. The second-order valence-corrected chi connectivity index (χ2v) is 7.53. The summed E-state index contributed by atoms with van der Waals surface area (Å²) in [6, 6.07) is 9.98. The fourth-order valence-electron chi connectivity index (χ4n) is 3.82. The predicted molar refractivity (Wildman–Crippen MR) is 113 cm³/mol. The number of carbonyl (C=O) groups excluding carboxylic acids is 1. The SMILES string of the molecule is O=C(/C=C/c1ccc2c(c1)OCO2)Nc1cc(-c2nnc3n2CCCCC3)ccc1F. The van der Waals surface area contributed by atoms with Gasteiger partial charge in [0, 0.05) is 24.6 Å². The normalized spacial score (nSPS) is 15.0. The van der Waals surface area contributed by atoms with Crippen molar-refractivity contribution in [2.45, 2.75) is 32.2 Å². The maximum Gasteiger partial charge on any atom is 0.248 e. The van der Waals surface area contributed by atoms with Gasteiger partial charge in [0.15, 0.2) is 17.3 Å². The molecule has 3 heterocycles. The van der Waals surface area contributed by atoms with E-state index in [9.17, 15) is 9.18 Å². The number of amides is 1. The molecule has 1 N–H and O–H groups in total. The number of fused-ring (bicyclic) bond motifs is 2. The van der Waals surface area contributed by atoms with Gasteiger partial charge in [-0.3, -0.25) is 4.79 Å². The van der Waals surface area contributed by atoms with Crippen molar-refractivity contribution in [2.24, 2.45) is 0 Å². The summed E-state index contributed by atoms with van der Waals surface area (Å²) in [7, 11) is 0. The van der Waals surface area contributed by atoms with Crippen molar-refractivity contribution < 1.29 is 18.7 Å². The van der Waals surface area contributed by atoms with Crippen molar-refractivity contribution >= 4 is 17.7 Å². The van der Waals surface area contributed by atoms with Crippen LogP contribution < -0.4 is 14.8 Å². The molecule has 1 amide bonds. The Labute approximate surface area is 178 Å². The van der Waals surface area contributed by atoms with Crippen LogP contribution in [0.15, 0.2) is 42.5 Å². The van der Waals surface area contributed by atoms with E-state index >= 15 is 0 Å². The van der Waals surface area contributed by atoms with E-state index in [1.807, 2.05) is 6.07 Å². The largest absolute Gasteiger partial charge is 0.454 e. The molecule has 0 saturated carbocycles. The summed E-state index contributed by atoms with van der Waals surface area (Å²) in [6.45, 7) is 1.03. The first-order valence-electron chi connectivity index (χ1n) is 10.3. The molecule has 2 aliphatic heterocycles. The second-order valence-electron chi connectivity index (χ2n) is 7.53. The third kappa shape index (κ3) is 4.01. The van der Waals surface area contributed by atoms with Gasteiger partial charge in [-0.2, -0.15) is 0 Å². The van der Waals surface area contributed by atoms with Gasteiger partial charge in [0.25, 0.3) is 0 Å². The van der Waals surface area contributed by atoms with Crippen LogP contribution in [-0.2, 0) is 17.8 Å². The highest BCUT2D eigenvalue weighted by Gasteiger charge is 2.17. The highest BCUT2D eigenvalue weighted by atomic mass is 19.1. The number of carbonyl (C=O) groups is 1. The van der Waals surface area contributed by atoms with Crippen LogP contribution in [0.2, 0.25) is 0 Å². The number of nitrogens with one attached hydrogen (secondary N) is 1. The first kappa shape index (κ1) is 19.3. The Balaban J connectivity index is 1.34. The topological polar surface area (TPSA) is 78.3 Å². The van der Waals surface area contributed by atoms with Crippen LogP contribution in [0.25, 0.3) is 17.5 Å². The molecular weight excluding hydrogens is 399 g/mol. The minimum atomic E-state index is -0.510. The van der Waals surface area contributed by atoms with Gasteiger partial charge in [0.05, 0.1) is 5.69 Å². The van der Waals surface area contributed by atoms with Crippen molar-refractivity contribution in [1.29, 1.82) is 0 Å². The molecule has 0 spiro atoms. The Morgan fingerprint density at radius 1 is 1.06 bits per heavy atom. The fraction of sp³-hybridized carbons (Fsp3) is 0.261. The van der Waals surface area contributed by atoms with E-state index in [0.717, 1.165) is 49.2 Å². The number of halogens is 1. The standard InChI is InChI=1S/C23H21FN4O3/c24-17-8-7-16(23-27-26-21-4-2-1-3-11-28(21)23)13-18(17)25-22(29)10-6-15-5-9-19-20(12-15)31-14-30-19/h5-10,12-13H,1-4,11,14H2,(H,25,29)/b10-6+. The summed E-state index contributed by atoms with van der Waals surface area (Å²) >= 11 is 0. The van der Waals surface area contributed by atoms with Crippen LogP contribution in [0, 0.1) is 5.82 Å². The Morgan fingerprint density at radius 2 is 1.97 bits per heavy atom. The molecule has 31 heavy (non-hydrogen) atoms. The lowest BCUT2D eigenvalue weighted by Crippen LogP contribution is -2.10. The number of rotatable bonds is 4. The van der Waals surface area contributed by atoms with Gasteiger partial charge >= 0.3 is 0 Å². The van der Waals surface area contributed by atoms with Crippen LogP contribution in [0.3, 0.4) is 0 Å². The Morgan fingerprint density at radius 3 is 2.90 bits per heavy atom. The summed E-state index contributed by atoms with van der Waals surface area (Å²) < 4.78 is 27.1. The van der Waals surface area contributed by atoms with Crippen molar-refractivity contribution in [1.82, 2.24) is 14.8 Å². The highest BCUT2D eigenvalue weighted by molar-refractivity contribution is 6.02. The molecule has 0 radical (unpaired) electrons. The van der Waals surface area contributed by atoms with Gasteiger partial charge < -0.3 is 19.4 Å². The maximum atomic E-state index is 14.4. The van der Waals surface area contributed by atoms with Gasteiger partial charge in [0.1, 0.15) is 11.6 Å². The van der Waals surface area contributed by atoms with Crippen LogP contribution in [0.1, 0.15) is 30.7 Å². The molecule has 3 aromatic rings. The van der Waals surface area contributed by atoms with E-state index in [1.54, 1.807) is 30.3 Å². The highest BCUT2D eigenvalue weighted by Crippen LogP contribution is 2.33. The van der Waals surface area contributed by atoms with Gasteiger partial charge in [-0.15, -0.1) is 10.2 Å². The number of ether oxygens (including phenoxy) is 2. The summed E-state index contributed by atoms with van der Waals surface area (Å²) in [5, 5.41) is 11.2. The molecule has 0 unspecified atom stereocenters. The van der Waals surface area contributed by atoms with Crippen LogP contribution >= 0.6 is 0 Å². The Bertz CT molecular complexity index is 1170. The zero-order valence-electron chi connectivity index (χ0n) is 16.8. The number of benzene rings is 2. The van der Waals surface area contributed by atoms with Crippen molar-refractivity contribution in [3.63, 3.8) is 0 Å². The number of hydrogen-bond acceptors (Lipinski definition) is 5. The molecule has 5 rings (SSSR count). The smallest absolute Gasteiger partial charge is 0.248 e. The zero-order valence-corrected chi connectivity index (χ0v) is 16.8. The van der Waals surface area contributed by atoms with E-state index in [-0.39, 0.29) is 12.5 Å². The number of aromatic nitrogens is 3. The second kappa shape index (κ2) is 8.22. The summed E-state index contributed by atoms with van der Waals surface area (Å²) in [5.74, 6) is 2.01. The Kier molecular flexibility index (Phi) is 5.11. The van der Waals surface area contributed by atoms with Crippen LogP contribution in [0.4, 0.5) is 10.1 Å². The van der Waals surface area contributed by atoms with Crippen molar-refractivity contribution in [2.75, 3.05) is 12.1 Å². The van der Waals surface area contributed by atoms with Gasteiger partial charge in [-0.1, -0.05) is 12.5 Å². The summed E-state index contributed by atoms with van der Waals surface area (Å²) in [5.41, 5.74) is 1.60. The molecule has 0 saturated heterocycles. The number of anilines is 1. The van der Waals surface area contributed by atoms with E-state index in [4.69, 9.17) is 9.47 Å². The molecule has 7 nitrogen and oxygen atoms in total. The van der Waals surface area contributed by atoms with Gasteiger partial charge in [0.2, 0.25) is 12.7 Å². The predicted octanol–water partition coefficient (Wildman–Crippen LogP) is 4.19. The third-order valence-corrected chi connectivity index (χ3v) is 5.42. The molecule has 1 aromatic heterocycles.